The molecule has 21 heavy (non-hydrogen) atoms. The van der Waals surface area contributed by atoms with E-state index in [0.717, 1.165) is 60.4 Å². The van der Waals surface area contributed by atoms with Crippen molar-refractivity contribution in [1.82, 2.24) is 0 Å². The Bertz CT molecular complexity index is 585. The molecule has 4 heteroatoms. The predicted octanol–water partition coefficient (Wildman–Crippen LogP) is 4.61. The summed E-state index contributed by atoms with van der Waals surface area (Å²) in [5.41, 5.74) is 3.16. The summed E-state index contributed by atoms with van der Waals surface area (Å²) in [5, 5.41) is 4.84. The highest BCUT2D eigenvalue weighted by Crippen LogP contribution is 2.30. The molecule has 0 aliphatic heterocycles. The standard InChI is InChI=1S/C17H18ClNO2/c18-15-9-5-12(6-10-15)11-14-3-1-2-4-16(14)19-21-17(20)13-7-8-13/h5-6,9-11,13H,1-4,7-8H2/b14-11+,19-16-. The highest BCUT2D eigenvalue weighted by molar-refractivity contribution is 6.30. The van der Waals surface area contributed by atoms with Crippen LogP contribution in [-0.4, -0.2) is 11.7 Å². The molecule has 3 rings (SSSR count). The molecule has 0 aromatic heterocycles. The zero-order valence-electron chi connectivity index (χ0n) is 11.8. The van der Waals surface area contributed by atoms with Crippen LogP contribution in [0.3, 0.4) is 0 Å². The van der Waals surface area contributed by atoms with Gasteiger partial charge >= 0.3 is 5.97 Å². The monoisotopic (exact) mass is 303 g/mol. The van der Waals surface area contributed by atoms with E-state index in [0.29, 0.717) is 0 Å². The van der Waals surface area contributed by atoms with Crippen LogP contribution in [0.4, 0.5) is 0 Å². The number of allylic oxidation sites excluding steroid dienone is 1. The van der Waals surface area contributed by atoms with Crippen molar-refractivity contribution < 1.29 is 9.63 Å². The van der Waals surface area contributed by atoms with Crippen LogP contribution >= 0.6 is 11.6 Å². The van der Waals surface area contributed by atoms with Gasteiger partial charge in [0.25, 0.3) is 0 Å². The summed E-state index contributed by atoms with van der Waals surface area (Å²) in [6.45, 7) is 0. The summed E-state index contributed by atoms with van der Waals surface area (Å²) in [6.07, 6.45) is 8.08. The summed E-state index contributed by atoms with van der Waals surface area (Å²) < 4.78 is 0. The number of carbonyl (C=O) groups is 1. The van der Waals surface area contributed by atoms with Gasteiger partial charge in [-0.3, -0.25) is 0 Å². The molecular weight excluding hydrogens is 286 g/mol. The van der Waals surface area contributed by atoms with Crippen molar-refractivity contribution in [1.29, 1.82) is 0 Å². The fourth-order valence-electron chi connectivity index (χ4n) is 2.43. The SMILES string of the molecule is O=C(O/N=C1/CCCC/C1=C\c1ccc(Cl)cc1)C1CC1. The summed E-state index contributed by atoms with van der Waals surface area (Å²) in [7, 11) is 0. The van der Waals surface area contributed by atoms with Crippen molar-refractivity contribution in [2.45, 2.75) is 38.5 Å². The van der Waals surface area contributed by atoms with Crippen LogP contribution in [0.1, 0.15) is 44.1 Å². The number of hydrogen-bond acceptors (Lipinski definition) is 3. The Morgan fingerprint density at radius 3 is 2.62 bits per heavy atom. The van der Waals surface area contributed by atoms with Crippen LogP contribution in [0.2, 0.25) is 5.02 Å². The third-order valence-electron chi connectivity index (χ3n) is 3.85. The molecule has 3 nitrogen and oxygen atoms in total. The maximum absolute atomic E-state index is 11.6. The molecule has 2 fully saturated rings. The zero-order valence-corrected chi connectivity index (χ0v) is 12.6. The second-order valence-corrected chi connectivity index (χ2v) is 6.09. The Morgan fingerprint density at radius 2 is 1.90 bits per heavy atom. The van der Waals surface area contributed by atoms with Crippen molar-refractivity contribution in [3.05, 3.63) is 40.4 Å². The van der Waals surface area contributed by atoms with E-state index in [4.69, 9.17) is 16.4 Å². The van der Waals surface area contributed by atoms with Gasteiger partial charge in [-0.25, -0.2) is 4.79 Å². The van der Waals surface area contributed by atoms with Gasteiger partial charge in [0.2, 0.25) is 0 Å². The van der Waals surface area contributed by atoms with Crippen LogP contribution in [0, 0.1) is 5.92 Å². The molecule has 0 bridgehead atoms. The third-order valence-corrected chi connectivity index (χ3v) is 4.10. The maximum atomic E-state index is 11.6. The average molecular weight is 304 g/mol. The fraction of sp³-hybridized carbons (Fsp3) is 0.412. The molecule has 0 N–H and O–H groups in total. The van der Waals surface area contributed by atoms with Crippen LogP contribution in [0.25, 0.3) is 6.08 Å². The molecule has 2 aliphatic rings. The second kappa shape index (κ2) is 6.44. The van der Waals surface area contributed by atoms with E-state index in [2.05, 4.69) is 11.2 Å². The maximum Gasteiger partial charge on any atom is 0.338 e. The van der Waals surface area contributed by atoms with E-state index in [1.807, 2.05) is 24.3 Å². The van der Waals surface area contributed by atoms with E-state index in [1.165, 1.54) is 0 Å². The Balaban J connectivity index is 1.75. The van der Waals surface area contributed by atoms with Crippen molar-refractivity contribution in [3.8, 4) is 0 Å². The van der Waals surface area contributed by atoms with Gasteiger partial charge in [-0.1, -0.05) is 28.9 Å². The first-order valence-electron chi connectivity index (χ1n) is 7.46. The lowest BCUT2D eigenvalue weighted by atomic mass is 9.91. The Kier molecular flexibility index (Phi) is 4.39. The summed E-state index contributed by atoms with van der Waals surface area (Å²) in [4.78, 5) is 16.7. The first-order valence-corrected chi connectivity index (χ1v) is 7.84. The molecule has 0 heterocycles. The summed E-state index contributed by atoms with van der Waals surface area (Å²) >= 11 is 5.90. The smallest absolute Gasteiger partial charge is 0.318 e. The van der Waals surface area contributed by atoms with Crippen molar-refractivity contribution in [2.24, 2.45) is 11.1 Å². The minimum atomic E-state index is -0.182. The van der Waals surface area contributed by atoms with Crippen molar-refractivity contribution >= 4 is 29.4 Å². The van der Waals surface area contributed by atoms with Gasteiger partial charge in [0.05, 0.1) is 11.6 Å². The van der Waals surface area contributed by atoms with E-state index in [-0.39, 0.29) is 11.9 Å². The number of halogens is 1. The minimum Gasteiger partial charge on any atom is -0.318 e. The lowest BCUT2D eigenvalue weighted by molar-refractivity contribution is -0.145. The predicted molar refractivity (Wildman–Crippen MR) is 84.1 cm³/mol. The summed E-state index contributed by atoms with van der Waals surface area (Å²) in [5.74, 6) is -0.0967. The fourth-order valence-corrected chi connectivity index (χ4v) is 2.55. The van der Waals surface area contributed by atoms with Gasteiger partial charge in [0.15, 0.2) is 0 Å². The van der Waals surface area contributed by atoms with Crippen LogP contribution < -0.4 is 0 Å². The van der Waals surface area contributed by atoms with Crippen molar-refractivity contribution in [3.63, 3.8) is 0 Å². The average Bonchev–Trinajstić information content (AvgIpc) is 3.33. The minimum absolute atomic E-state index is 0.0848. The Labute approximate surface area is 129 Å². The van der Waals surface area contributed by atoms with E-state index >= 15 is 0 Å². The van der Waals surface area contributed by atoms with Gasteiger partial charge in [-0.05, 0) is 67.9 Å². The molecule has 0 unspecified atom stereocenters. The first kappa shape index (κ1) is 14.3. The van der Waals surface area contributed by atoms with E-state index < -0.39 is 0 Å². The molecule has 2 saturated carbocycles. The molecule has 1 aromatic rings. The van der Waals surface area contributed by atoms with Crippen LogP contribution in [0.5, 0.6) is 0 Å². The van der Waals surface area contributed by atoms with Crippen molar-refractivity contribution in [2.75, 3.05) is 0 Å². The number of oxime groups is 1. The van der Waals surface area contributed by atoms with Gasteiger partial charge in [-0.2, -0.15) is 0 Å². The van der Waals surface area contributed by atoms with Gasteiger partial charge in [0, 0.05) is 5.02 Å². The van der Waals surface area contributed by atoms with Gasteiger partial charge in [-0.15, -0.1) is 0 Å². The van der Waals surface area contributed by atoms with Gasteiger partial charge in [0.1, 0.15) is 0 Å². The molecule has 0 saturated heterocycles. The van der Waals surface area contributed by atoms with E-state index in [1.54, 1.807) is 0 Å². The lowest BCUT2D eigenvalue weighted by Crippen LogP contribution is -2.12. The number of benzene rings is 1. The molecule has 0 radical (unpaired) electrons. The van der Waals surface area contributed by atoms with Crippen LogP contribution in [0.15, 0.2) is 35.0 Å². The summed E-state index contributed by atoms with van der Waals surface area (Å²) in [6, 6.07) is 7.72. The Morgan fingerprint density at radius 1 is 1.19 bits per heavy atom. The number of hydrogen-bond donors (Lipinski definition) is 0. The molecule has 0 atom stereocenters. The molecule has 1 aromatic carbocycles. The number of rotatable bonds is 3. The first-order chi connectivity index (χ1) is 10.2. The van der Waals surface area contributed by atoms with Gasteiger partial charge < -0.3 is 4.84 Å². The number of nitrogens with zero attached hydrogens (tertiary/aromatic N) is 1. The largest absolute Gasteiger partial charge is 0.338 e. The molecule has 0 spiro atoms. The molecule has 2 aliphatic carbocycles. The molecule has 0 amide bonds. The highest BCUT2D eigenvalue weighted by Gasteiger charge is 2.32. The normalized spacial score (nSPS) is 22.5. The quantitative estimate of drug-likeness (QED) is 0.604. The molecule has 110 valence electrons. The number of carbonyl (C=O) groups excluding carboxylic acids is 1. The van der Waals surface area contributed by atoms with Crippen LogP contribution in [-0.2, 0) is 9.63 Å². The Hall–Kier alpha value is -1.61. The molecular formula is C17H18ClNO2. The van der Waals surface area contributed by atoms with E-state index in [9.17, 15) is 4.79 Å². The topological polar surface area (TPSA) is 38.7 Å². The lowest BCUT2D eigenvalue weighted by Gasteiger charge is -2.16. The highest BCUT2D eigenvalue weighted by atomic mass is 35.5. The third kappa shape index (κ3) is 3.94. The second-order valence-electron chi connectivity index (χ2n) is 5.65. The zero-order chi connectivity index (χ0) is 14.7.